The highest BCUT2D eigenvalue weighted by Gasteiger charge is 2.38. The van der Waals surface area contributed by atoms with Crippen LogP contribution in [-0.4, -0.2) is 52.8 Å². The first-order chi connectivity index (χ1) is 18.4. The number of ether oxygens (including phenoxy) is 2. The fourth-order valence-corrected chi connectivity index (χ4v) is 5.28. The summed E-state index contributed by atoms with van der Waals surface area (Å²) in [5, 5.41) is 24.3. The van der Waals surface area contributed by atoms with Crippen molar-refractivity contribution in [2.24, 2.45) is 5.92 Å². The summed E-state index contributed by atoms with van der Waals surface area (Å²) in [5.74, 6) is 1.41. The Morgan fingerprint density at radius 1 is 0.947 bits per heavy atom. The quantitative estimate of drug-likeness (QED) is 0.262. The van der Waals surface area contributed by atoms with Crippen LogP contribution in [0, 0.1) is 5.92 Å². The molecule has 9 heteroatoms. The second-order valence-electron chi connectivity index (χ2n) is 9.58. The van der Waals surface area contributed by atoms with Crippen molar-refractivity contribution in [2.45, 2.75) is 64.6 Å². The van der Waals surface area contributed by atoms with Crippen molar-refractivity contribution >= 4 is 29.3 Å². The highest BCUT2D eigenvalue weighted by molar-refractivity contribution is 7.99. The lowest BCUT2D eigenvalue weighted by Gasteiger charge is -2.41. The summed E-state index contributed by atoms with van der Waals surface area (Å²) < 4.78 is 12.8. The monoisotopic (exact) mass is 544 g/mol. The molecule has 4 unspecified atom stereocenters. The molecule has 2 amide bonds. The molecule has 0 spiro atoms. The van der Waals surface area contributed by atoms with E-state index in [1.54, 1.807) is 11.8 Å². The number of carbonyl (C=O) groups excluding carboxylic acids is 2. The molecule has 1 aliphatic rings. The van der Waals surface area contributed by atoms with Gasteiger partial charge >= 0.3 is 0 Å². The number of unbranched alkanes of at least 4 members (excludes halogenated alkanes) is 2. The minimum absolute atomic E-state index is 0.00495. The fourth-order valence-electron chi connectivity index (χ4n) is 4.37. The first kappa shape index (κ1) is 30.1. The molecule has 0 saturated carbocycles. The number of aliphatic hydroxyl groups is 2. The molecule has 1 saturated heterocycles. The first-order valence-electron chi connectivity index (χ1n) is 13.2. The predicted octanol–water partition coefficient (Wildman–Crippen LogP) is 4.33. The average molecular weight is 545 g/mol. The van der Waals surface area contributed by atoms with Crippen molar-refractivity contribution < 1.29 is 29.3 Å². The number of carbonyl (C=O) groups is 2. The lowest BCUT2D eigenvalue weighted by Crippen LogP contribution is -2.38. The smallest absolute Gasteiger partial charge is 0.224 e. The van der Waals surface area contributed by atoms with E-state index in [0.717, 1.165) is 41.7 Å². The molecule has 38 heavy (non-hydrogen) atoms. The maximum atomic E-state index is 12.3. The van der Waals surface area contributed by atoms with E-state index in [-0.39, 0.29) is 43.2 Å². The molecule has 208 valence electrons. The van der Waals surface area contributed by atoms with Crippen LogP contribution < -0.4 is 10.6 Å². The Hall–Kier alpha value is -2.43. The predicted molar refractivity (Wildman–Crippen MR) is 150 cm³/mol. The summed E-state index contributed by atoms with van der Waals surface area (Å²) in [5.41, 5.74) is 3.46. The maximum absolute atomic E-state index is 12.3. The topological polar surface area (TPSA) is 117 Å². The van der Waals surface area contributed by atoms with E-state index in [0.29, 0.717) is 24.4 Å². The number of aliphatic hydroxyl groups excluding tert-OH is 2. The van der Waals surface area contributed by atoms with Crippen LogP contribution in [0.2, 0.25) is 0 Å². The summed E-state index contributed by atoms with van der Waals surface area (Å²) in [6.07, 6.45) is 2.10. The van der Waals surface area contributed by atoms with Crippen molar-refractivity contribution in [2.75, 3.05) is 30.0 Å². The Bertz CT molecular complexity index is 1000. The summed E-state index contributed by atoms with van der Waals surface area (Å²) >= 11 is 1.66. The molecule has 0 aromatic heterocycles. The second-order valence-corrected chi connectivity index (χ2v) is 10.7. The number of benzene rings is 2. The van der Waals surface area contributed by atoms with E-state index < -0.39 is 6.29 Å². The molecule has 2 aromatic carbocycles. The number of hydrogen-bond acceptors (Lipinski definition) is 7. The molecule has 3 rings (SSSR count). The third kappa shape index (κ3) is 9.39. The SMILES string of the molecule is CC(=O)NCCCCCC(=O)Nc1ccc(C2OC(CSCCO)C(C)C(c3ccc(CO)cc3)O2)cc1. The number of amides is 2. The van der Waals surface area contributed by atoms with E-state index in [4.69, 9.17) is 9.47 Å². The third-order valence-corrected chi connectivity index (χ3v) is 7.60. The summed E-state index contributed by atoms with van der Waals surface area (Å²) in [6.45, 7) is 4.37. The Labute approximate surface area is 229 Å². The zero-order valence-corrected chi connectivity index (χ0v) is 23.0. The van der Waals surface area contributed by atoms with E-state index >= 15 is 0 Å². The summed E-state index contributed by atoms with van der Waals surface area (Å²) in [6, 6.07) is 15.3. The fraction of sp³-hybridized carbons (Fsp3) is 0.517. The van der Waals surface area contributed by atoms with Crippen LogP contribution >= 0.6 is 11.8 Å². The molecule has 0 bridgehead atoms. The normalized spacial score (nSPS) is 21.2. The maximum Gasteiger partial charge on any atom is 0.224 e. The van der Waals surface area contributed by atoms with Gasteiger partial charge in [0.05, 0.1) is 25.4 Å². The molecule has 0 radical (unpaired) electrons. The summed E-state index contributed by atoms with van der Waals surface area (Å²) in [4.78, 5) is 23.2. The highest BCUT2D eigenvalue weighted by Crippen LogP contribution is 2.42. The lowest BCUT2D eigenvalue weighted by atomic mass is 9.91. The Kier molecular flexibility index (Phi) is 12.6. The van der Waals surface area contributed by atoms with Gasteiger partial charge < -0.3 is 30.3 Å². The molecule has 0 aliphatic carbocycles. The van der Waals surface area contributed by atoms with Gasteiger partial charge in [-0.3, -0.25) is 9.59 Å². The van der Waals surface area contributed by atoms with Crippen molar-refractivity contribution in [3.63, 3.8) is 0 Å². The van der Waals surface area contributed by atoms with Crippen LogP contribution in [0.4, 0.5) is 5.69 Å². The molecule has 1 aliphatic heterocycles. The first-order valence-corrected chi connectivity index (χ1v) is 14.4. The zero-order valence-electron chi connectivity index (χ0n) is 22.2. The number of hydrogen-bond donors (Lipinski definition) is 4. The second kappa shape index (κ2) is 15.9. The van der Waals surface area contributed by atoms with Gasteiger partial charge in [-0.15, -0.1) is 0 Å². The standard InChI is InChI=1S/C29H40N2O6S/c1-20-26(19-38-17-16-32)36-29(37-28(20)23-9-7-22(18-33)8-10-23)24-11-13-25(14-12-24)31-27(35)6-4-3-5-15-30-21(2)34/h7-14,20,26,28-29,32-33H,3-6,15-19H2,1-2H3,(H,30,34)(H,31,35). The van der Waals surface area contributed by atoms with Gasteiger partial charge in [-0.25, -0.2) is 0 Å². The van der Waals surface area contributed by atoms with Gasteiger partial charge in [0.25, 0.3) is 0 Å². The Balaban J connectivity index is 1.60. The van der Waals surface area contributed by atoms with Crippen LogP contribution in [0.3, 0.4) is 0 Å². The van der Waals surface area contributed by atoms with Gasteiger partial charge in [0.2, 0.25) is 11.8 Å². The Morgan fingerprint density at radius 3 is 2.32 bits per heavy atom. The van der Waals surface area contributed by atoms with E-state index in [1.165, 1.54) is 6.92 Å². The largest absolute Gasteiger partial charge is 0.396 e. The molecule has 1 fully saturated rings. The Morgan fingerprint density at radius 2 is 1.66 bits per heavy atom. The molecular weight excluding hydrogens is 504 g/mol. The van der Waals surface area contributed by atoms with Gasteiger partial charge in [0.15, 0.2) is 6.29 Å². The lowest BCUT2D eigenvalue weighted by molar-refractivity contribution is -0.268. The van der Waals surface area contributed by atoms with Gasteiger partial charge in [0.1, 0.15) is 0 Å². The van der Waals surface area contributed by atoms with Crippen LogP contribution in [0.1, 0.15) is 68.6 Å². The van der Waals surface area contributed by atoms with Gasteiger partial charge in [-0.1, -0.05) is 49.7 Å². The van der Waals surface area contributed by atoms with Crippen molar-refractivity contribution in [3.05, 3.63) is 65.2 Å². The number of rotatable bonds is 14. The number of anilines is 1. The van der Waals surface area contributed by atoms with E-state index in [9.17, 15) is 19.8 Å². The summed E-state index contributed by atoms with van der Waals surface area (Å²) in [7, 11) is 0. The highest BCUT2D eigenvalue weighted by atomic mass is 32.2. The zero-order chi connectivity index (χ0) is 27.3. The molecule has 8 nitrogen and oxygen atoms in total. The van der Waals surface area contributed by atoms with Crippen molar-refractivity contribution in [1.82, 2.24) is 5.32 Å². The van der Waals surface area contributed by atoms with Crippen LogP contribution in [-0.2, 0) is 25.7 Å². The minimum Gasteiger partial charge on any atom is -0.396 e. The molecule has 2 aromatic rings. The average Bonchev–Trinajstić information content (AvgIpc) is 2.92. The number of nitrogens with one attached hydrogen (secondary N) is 2. The van der Waals surface area contributed by atoms with E-state index in [2.05, 4.69) is 17.6 Å². The van der Waals surface area contributed by atoms with Crippen molar-refractivity contribution in [3.8, 4) is 0 Å². The molecule has 4 atom stereocenters. The van der Waals surface area contributed by atoms with Gasteiger partial charge in [-0.05, 0) is 36.1 Å². The molecular formula is C29H40N2O6S. The van der Waals surface area contributed by atoms with Crippen LogP contribution in [0.15, 0.2) is 48.5 Å². The van der Waals surface area contributed by atoms with Crippen LogP contribution in [0.25, 0.3) is 0 Å². The van der Waals surface area contributed by atoms with E-state index in [1.807, 2.05) is 48.5 Å². The third-order valence-electron chi connectivity index (χ3n) is 6.56. The minimum atomic E-state index is -0.568. The van der Waals surface area contributed by atoms with Crippen LogP contribution in [0.5, 0.6) is 0 Å². The molecule has 1 heterocycles. The van der Waals surface area contributed by atoms with Crippen molar-refractivity contribution in [1.29, 1.82) is 0 Å². The molecule has 4 N–H and O–H groups in total. The van der Waals surface area contributed by atoms with Gasteiger partial charge in [0, 0.05) is 48.6 Å². The van der Waals surface area contributed by atoms with Gasteiger partial charge in [-0.2, -0.15) is 11.8 Å². The number of thioether (sulfide) groups is 1.